The molecule has 0 unspecified atom stereocenters. The molecule has 0 atom stereocenters. The number of benzene rings is 1. The second-order valence-electron chi connectivity index (χ2n) is 5.39. The molecule has 0 bridgehead atoms. The molecule has 0 saturated carbocycles. The van der Waals surface area contributed by atoms with E-state index in [0.29, 0.717) is 0 Å². The quantitative estimate of drug-likeness (QED) is 0.860. The molecule has 8 heteroatoms. The summed E-state index contributed by atoms with van der Waals surface area (Å²) >= 11 is 0. The van der Waals surface area contributed by atoms with Crippen LogP contribution in [-0.2, 0) is 10.0 Å². The average molecular weight is 334 g/mol. The van der Waals surface area contributed by atoms with Crippen molar-refractivity contribution < 1.29 is 13.5 Å². The van der Waals surface area contributed by atoms with Crippen LogP contribution >= 0.6 is 0 Å². The molecule has 23 heavy (non-hydrogen) atoms. The number of rotatable bonds is 3. The van der Waals surface area contributed by atoms with Crippen molar-refractivity contribution in [2.24, 2.45) is 5.14 Å². The molecule has 3 N–H and O–H groups in total. The third kappa shape index (κ3) is 3.54. The molecule has 1 aromatic carbocycles. The maximum atomic E-state index is 11.2. The molecule has 0 amide bonds. The van der Waals surface area contributed by atoms with E-state index in [-0.39, 0.29) is 10.6 Å². The lowest BCUT2D eigenvalue weighted by Gasteiger charge is -2.36. The van der Waals surface area contributed by atoms with Gasteiger partial charge in [0.15, 0.2) is 0 Å². The molecule has 0 radical (unpaired) electrons. The minimum atomic E-state index is -3.71. The highest BCUT2D eigenvalue weighted by atomic mass is 32.2. The molecule has 1 aliphatic heterocycles. The SMILES string of the molecule is NS(=O)(=O)c1ccc(N2CCN(c3ccc(O)cc3)CC2)nc1. The summed E-state index contributed by atoms with van der Waals surface area (Å²) in [6, 6.07) is 10.3. The molecular formula is C15H18N4O3S. The minimum Gasteiger partial charge on any atom is -0.508 e. The molecule has 1 fully saturated rings. The van der Waals surface area contributed by atoms with Crippen LogP contribution in [0, 0.1) is 0 Å². The number of aromatic nitrogens is 1. The molecule has 3 rings (SSSR count). The first-order chi connectivity index (χ1) is 10.9. The van der Waals surface area contributed by atoms with E-state index >= 15 is 0 Å². The molecule has 1 aromatic heterocycles. The normalized spacial score (nSPS) is 15.7. The summed E-state index contributed by atoms with van der Waals surface area (Å²) in [5.74, 6) is 0.995. The van der Waals surface area contributed by atoms with Gasteiger partial charge in [0.25, 0.3) is 0 Å². The Morgan fingerprint density at radius 2 is 1.57 bits per heavy atom. The van der Waals surface area contributed by atoms with E-state index < -0.39 is 10.0 Å². The predicted octanol–water partition coefficient (Wildman–Crippen LogP) is 0.761. The number of hydrogen-bond donors (Lipinski definition) is 2. The van der Waals surface area contributed by atoms with Crippen molar-refractivity contribution in [3.05, 3.63) is 42.6 Å². The van der Waals surface area contributed by atoms with Crippen molar-refractivity contribution in [2.45, 2.75) is 4.90 Å². The van der Waals surface area contributed by atoms with Gasteiger partial charge in [-0.25, -0.2) is 18.5 Å². The number of aromatic hydroxyl groups is 1. The lowest BCUT2D eigenvalue weighted by atomic mass is 10.2. The standard InChI is InChI=1S/C15H18N4O3S/c16-23(21,22)14-5-6-15(17-11-14)19-9-7-18(8-10-19)12-1-3-13(20)4-2-12/h1-6,11,20H,7-10H2,(H2,16,21,22). The van der Waals surface area contributed by atoms with Crippen molar-refractivity contribution >= 4 is 21.5 Å². The number of hydrogen-bond acceptors (Lipinski definition) is 6. The Morgan fingerprint density at radius 3 is 2.09 bits per heavy atom. The minimum absolute atomic E-state index is 0.0176. The monoisotopic (exact) mass is 334 g/mol. The largest absolute Gasteiger partial charge is 0.508 e. The van der Waals surface area contributed by atoms with Crippen molar-refractivity contribution in [1.29, 1.82) is 0 Å². The zero-order chi connectivity index (χ0) is 16.4. The van der Waals surface area contributed by atoms with Crippen molar-refractivity contribution in [1.82, 2.24) is 4.98 Å². The molecule has 2 heterocycles. The highest BCUT2D eigenvalue weighted by Gasteiger charge is 2.19. The van der Waals surface area contributed by atoms with E-state index in [1.54, 1.807) is 18.2 Å². The maximum absolute atomic E-state index is 11.2. The molecular weight excluding hydrogens is 316 g/mol. The van der Waals surface area contributed by atoms with Crippen LogP contribution in [0.1, 0.15) is 0 Å². The molecule has 1 saturated heterocycles. The van der Waals surface area contributed by atoms with Crippen LogP contribution in [-0.4, -0.2) is 44.7 Å². The fourth-order valence-electron chi connectivity index (χ4n) is 2.59. The first-order valence-corrected chi connectivity index (χ1v) is 8.76. The van der Waals surface area contributed by atoms with Gasteiger partial charge in [-0.1, -0.05) is 0 Å². The highest BCUT2D eigenvalue weighted by molar-refractivity contribution is 7.89. The number of primary sulfonamides is 1. The highest BCUT2D eigenvalue weighted by Crippen LogP contribution is 2.21. The Bertz CT molecular complexity index is 767. The fourth-order valence-corrected chi connectivity index (χ4v) is 3.04. The van der Waals surface area contributed by atoms with E-state index in [0.717, 1.165) is 37.7 Å². The average Bonchev–Trinajstić information content (AvgIpc) is 2.55. The van der Waals surface area contributed by atoms with Gasteiger partial charge < -0.3 is 14.9 Å². The van der Waals surface area contributed by atoms with Crippen molar-refractivity contribution in [2.75, 3.05) is 36.0 Å². The van der Waals surface area contributed by atoms with Gasteiger partial charge in [-0.3, -0.25) is 0 Å². The van der Waals surface area contributed by atoms with E-state index in [1.807, 2.05) is 12.1 Å². The van der Waals surface area contributed by atoms with Crippen molar-refractivity contribution in [3.63, 3.8) is 0 Å². The number of sulfonamides is 1. The molecule has 1 aliphatic rings. The molecule has 0 aliphatic carbocycles. The lowest BCUT2D eigenvalue weighted by Crippen LogP contribution is -2.46. The Balaban J connectivity index is 1.66. The summed E-state index contributed by atoms with van der Waals surface area (Å²) in [4.78, 5) is 8.54. The molecule has 2 aromatic rings. The Labute approximate surface area is 135 Å². The van der Waals surface area contributed by atoms with Gasteiger partial charge in [-0.2, -0.15) is 0 Å². The van der Waals surface area contributed by atoms with Gasteiger partial charge in [-0.15, -0.1) is 0 Å². The van der Waals surface area contributed by atoms with Crippen LogP contribution in [0.5, 0.6) is 5.75 Å². The summed E-state index contributed by atoms with van der Waals surface area (Å²) in [6.45, 7) is 3.21. The Morgan fingerprint density at radius 1 is 0.957 bits per heavy atom. The third-order valence-electron chi connectivity index (χ3n) is 3.87. The second-order valence-corrected chi connectivity index (χ2v) is 6.95. The van der Waals surface area contributed by atoms with Gasteiger partial charge in [-0.05, 0) is 36.4 Å². The first kappa shape index (κ1) is 15.6. The summed E-state index contributed by atoms with van der Waals surface area (Å²) < 4.78 is 22.5. The number of nitrogens with two attached hydrogens (primary N) is 1. The summed E-state index contributed by atoms with van der Waals surface area (Å²) in [5, 5.41) is 14.4. The Kier molecular flexibility index (Phi) is 4.10. The van der Waals surface area contributed by atoms with Gasteiger partial charge >= 0.3 is 0 Å². The van der Waals surface area contributed by atoms with Gasteiger partial charge in [0, 0.05) is 38.1 Å². The molecule has 122 valence electrons. The number of pyridine rings is 1. The first-order valence-electron chi connectivity index (χ1n) is 7.21. The van der Waals surface area contributed by atoms with E-state index in [2.05, 4.69) is 14.8 Å². The Hall–Kier alpha value is -2.32. The van der Waals surface area contributed by atoms with E-state index in [4.69, 9.17) is 5.14 Å². The fraction of sp³-hybridized carbons (Fsp3) is 0.267. The lowest BCUT2D eigenvalue weighted by molar-refractivity contribution is 0.475. The van der Waals surface area contributed by atoms with E-state index in [1.165, 1.54) is 12.3 Å². The second kappa shape index (κ2) is 6.05. The third-order valence-corrected chi connectivity index (χ3v) is 4.77. The number of nitrogens with zero attached hydrogens (tertiary/aromatic N) is 3. The maximum Gasteiger partial charge on any atom is 0.239 e. The van der Waals surface area contributed by atoms with E-state index in [9.17, 15) is 13.5 Å². The van der Waals surface area contributed by atoms with Crippen molar-refractivity contribution in [3.8, 4) is 5.75 Å². The zero-order valence-electron chi connectivity index (χ0n) is 12.5. The summed E-state index contributed by atoms with van der Waals surface area (Å²) in [6.07, 6.45) is 1.29. The van der Waals surface area contributed by atoms with Crippen LogP contribution in [0.15, 0.2) is 47.5 Å². The smallest absolute Gasteiger partial charge is 0.239 e. The van der Waals surface area contributed by atoms with Crippen LogP contribution in [0.25, 0.3) is 0 Å². The summed E-state index contributed by atoms with van der Waals surface area (Å²) in [7, 11) is -3.71. The molecule has 7 nitrogen and oxygen atoms in total. The number of anilines is 2. The van der Waals surface area contributed by atoms with Crippen LogP contribution < -0.4 is 14.9 Å². The van der Waals surface area contributed by atoms with Crippen LogP contribution in [0.4, 0.5) is 11.5 Å². The number of piperazine rings is 1. The van der Waals surface area contributed by atoms with Gasteiger partial charge in [0.2, 0.25) is 10.0 Å². The molecule has 0 spiro atoms. The summed E-state index contributed by atoms with van der Waals surface area (Å²) in [5.41, 5.74) is 1.07. The van der Waals surface area contributed by atoms with Gasteiger partial charge in [0.05, 0.1) is 0 Å². The van der Waals surface area contributed by atoms with Crippen LogP contribution in [0.3, 0.4) is 0 Å². The topological polar surface area (TPSA) is 99.8 Å². The predicted molar refractivity (Wildman–Crippen MR) is 88.1 cm³/mol. The number of phenols is 1. The van der Waals surface area contributed by atoms with Gasteiger partial charge in [0.1, 0.15) is 16.5 Å². The van der Waals surface area contributed by atoms with Crippen LogP contribution in [0.2, 0.25) is 0 Å². The number of phenolic OH excluding ortho intramolecular Hbond substituents is 1. The zero-order valence-corrected chi connectivity index (χ0v) is 13.3.